The first-order valence-electron chi connectivity index (χ1n) is 12.5. The van der Waals surface area contributed by atoms with E-state index in [1.165, 1.54) is 10.4 Å². The third-order valence-electron chi connectivity index (χ3n) is 7.41. The Labute approximate surface area is 211 Å². The summed E-state index contributed by atoms with van der Waals surface area (Å²) in [5, 5.41) is 23.7. The van der Waals surface area contributed by atoms with Gasteiger partial charge in [0, 0.05) is 29.4 Å². The van der Waals surface area contributed by atoms with E-state index in [9.17, 15) is 15.0 Å². The fourth-order valence-corrected chi connectivity index (χ4v) is 6.36. The minimum atomic E-state index is -0.733. The van der Waals surface area contributed by atoms with Gasteiger partial charge in [-0.25, -0.2) is 0 Å². The number of methoxy groups -OCH3 is 1. The molecule has 4 rings (SSSR count). The van der Waals surface area contributed by atoms with Crippen molar-refractivity contribution in [2.45, 2.75) is 51.6 Å². The molecule has 1 aliphatic heterocycles. The number of pyridine rings is 1. The van der Waals surface area contributed by atoms with E-state index in [1.807, 2.05) is 35.6 Å². The average molecular weight is 497 g/mol. The van der Waals surface area contributed by atoms with E-state index in [0.29, 0.717) is 12.3 Å². The third-order valence-corrected chi connectivity index (χ3v) is 8.49. The average Bonchev–Trinajstić information content (AvgIpc) is 3.26. The van der Waals surface area contributed by atoms with Crippen LogP contribution in [0.3, 0.4) is 0 Å². The molecule has 188 valence electrons. The number of hydrogen-bond acceptors (Lipinski definition) is 6. The standard InChI is InChI=1S/C28H36N2O4S/c1-19-11-15-35-27(19)4-3-13-30-14-10-20(21(18-30)16-28(32)33)5-8-26(31)23-9-12-29-25-7-6-22(34-2)17-24(23)25/h6-7,9,11-12,15,17,20-21,26,31H,3-5,8,10,13-14,16,18H2,1-2H3,(H,32,33)/t20-,21+,26+/m1/s1. The molecule has 3 heterocycles. The number of ether oxygens (including phenoxy) is 1. The molecule has 35 heavy (non-hydrogen) atoms. The van der Waals surface area contributed by atoms with E-state index in [1.54, 1.807) is 13.3 Å². The summed E-state index contributed by atoms with van der Waals surface area (Å²) in [5.74, 6) is 0.427. The molecule has 3 atom stereocenters. The van der Waals surface area contributed by atoms with Gasteiger partial charge in [-0.1, -0.05) is 0 Å². The van der Waals surface area contributed by atoms with Crippen LogP contribution in [-0.2, 0) is 11.2 Å². The van der Waals surface area contributed by atoms with Gasteiger partial charge >= 0.3 is 5.97 Å². The Hall–Kier alpha value is -2.48. The number of hydrogen-bond donors (Lipinski definition) is 2. The number of aliphatic hydroxyl groups excluding tert-OH is 1. The fraction of sp³-hybridized carbons (Fsp3) is 0.500. The lowest BCUT2D eigenvalue weighted by molar-refractivity contribution is -0.139. The number of carbonyl (C=O) groups is 1. The number of carboxylic acids is 1. The number of aliphatic carboxylic acids is 1. The first kappa shape index (κ1) is 25.6. The quantitative estimate of drug-likeness (QED) is 0.366. The zero-order valence-corrected chi connectivity index (χ0v) is 21.5. The first-order valence-corrected chi connectivity index (χ1v) is 13.4. The second kappa shape index (κ2) is 12.0. The molecule has 0 amide bonds. The zero-order chi connectivity index (χ0) is 24.8. The Balaban J connectivity index is 1.35. The highest BCUT2D eigenvalue weighted by molar-refractivity contribution is 7.10. The largest absolute Gasteiger partial charge is 0.497 e. The van der Waals surface area contributed by atoms with Crippen LogP contribution in [-0.4, -0.2) is 52.8 Å². The smallest absolute Gasteiger partial charge is 0.303 e. The predicted octanol–water partition coefficient (Wildman–Crippen LogP) is 5.47. The maximum atomic E-state index is 11.6. The maximum absolute atomic E-state index is 11.6. The molecule has 6 nitrogen and oxygen atoms in total. The Bertz CT molecular complexity index is 1130. The van der Waals surface area contributed by atoms with E-state index in [0.717, 1.165) is 67.5 Å². The number of piperidine rings is 1. The Morgan fingerprint density at radius 2 is 2.14 bits per heavy atom. The third kappa shape index (κ3) is 6.60. The van der Waals surface area contributed by atoms with Crippen molar-refractivity contribution in [1.29, 1.82) is 0 Å². The van der Waals surface area contributed by atoms with Crippen molar-refractivity contribution in [2.75, 3.05) is 26.7 Å². The second-order valence-corrected chi connectivity index (χ2v) is 10.7. The van der Waals surface area contributed by atoms with Crippen LogP contribution < -0.4 is 4.74 Å². The summed E-state index contributed by atoms with van der Waals surface area (Å²) in [6, 6.07) is 9.75. The van der Waals surface area contributed by atoms with Crippen LogP contribution in [0, 0.1) is 18.8 Å². The lowest BCUT2D eigenvalue weighted by Crippen LogP contribution is -2.42. The number of aryl methyl sites for hydroxylation is 2. The van der Waals surface area contributed by atoms with Crippen molar-refractivity contribution in [2.24, 2.45) is 11.8 Å². The molecule has 2 N–H and O–H groups in total. The zero-order valence-electron chi connectivity index (χ0n) is 20.7. The van der Waals surface area contributed by atoms with Gasteiger partial charge in [-0.2, -0.15) is 0 Å². The van der Waals surface area contributed by atoms with Crippen LogP contribution in [0.2, 0.25) is 0 Å². The van der Waals surface area contributed by atoms with Crippen molar-refractivity contribution in [1.82, 2.24) is 9.88 Å². The monoisotopic (exact) mass is 496 g/mol. The first-order chi connectivity index (χ1) is 16.9. The number of likely N-dealkylation sites (tertiary alicyclic amines) is 1. The molecule has 0 radical (unpaired) electrons. The number of benzene rings is 1. The van der Waals surface area contributed by atoms with E-state index >= 15 is 0 Å². The molecule has 0 unspecified atom stereocenters. The number of aliphatic hydroxyl groups is 1. The molecule has 0 spiro atoms. The molecule has 1 saturated heterocycles. The number of fused-ring (bicyclic) bond motifs is 1. The summed E-state index contributed by atoms with van der Waals surface area (Å²) in [7, 11) is 1.63. The molecule has 2 aromatic heterocycles. The highest BCUT2D eigenvalue weighted by Crippen LogP contribution is 2.35. The van der Waals surface area contributed by atoms with Crippen LogP contribution in [0.1, 0.15) is 54.2 Å². The van der Waals surface area contributed by atoms with Gasteiger partial charge in [0.05, 0.1) is 18.7 Å². The van der Waals surface area contributed by atoms with E-state index in [2.05, 4.69) is 28.3 Å². The summed E-state index contributed by atoms with van der Waals surface area (Å²) in [5.41, 5.74) is 3.05. The molecule has 1 fully saturated rings. The number of aromatic nitrogens is 1. The molecule has 0 aliphatic carbocycles. The number of thiophene rings is 1. The molecular formula is C28H36N2O4S. The highest BCUT2D eigenvalue weighted by atomic mass is 32.1. The maximum Gasteiger partial charge on any atom is 0.303 e. The van der Waals surface area contributed by atoms with Crippen molar-refractivity contribution >= 4 is 28.2 Å². The van der Waals surface area contributed by atoms with Crippen LogP contribution in [0.15, 0.2) is 41.9 Å². The van der Waals surface area contributed by atoms with Crippen LogP contribution in [0.4, 0.5) is 0 Å². The van der Waals surface area contributed by atoms with Crippen LogP contribution >= 0.6 is 11.3 Å². The van der Waals surface area contributed by atoms with Gasteiger partial charge in [0.1, 0.15) is 5.75 Å². The molecule has 3 aromatic rings. The lowest BCUT2D eigenvalue weighted by Gasteiger charge is -2.38. The normalized spacial score (nSPS) is 19.6. The van der Waals surface area contributed by atoms with Crippen LogP contribution in [0.25, 0.3) is 10.9 Å². The molecular weight excluding hydrogens is 460 g/mol. The topological polar surface area (TPSA) is 82.9 Å². The minimum Gasteiger partial charge on any atom is -0.497 e. The van der Waals surface area contributed by atoms with Gasteiger partial charge in [0.15, 0.2) is 0 Å². The molecule has 1 aromatic carbocycles. The molecule has 0 saturated carbocycles. The summed E-state index contributed by atoms with van der Waals surface area (Å²) >= 11 is 1.82. The molecule has 7 heteroatoms. The highest BCUT2D eigenvalue weighted by Gasteiger charge is 2.31. The SMILES string of the molecule is COc1ccc2nccc([C@@H](O)CC[C@@H]3CCN(CCCc4sccc4C)C[C@@H]3CC(=O)O)c2c1. The summed E-state index contributed by atoms with van der Waals surface area (Å²) in [6.07, 6.45) is 5.89. The van der Waals surface area contributed by atoms with E-state index in [-0.39, 0.29) is 12.3 Å². The second-order valence-electron chi connectivity index (χ2n) is 9.71. The minimum absolute atomic E-state index is 0.117. The van der Waals surface area contributed by atoms with Gasteiger partial charge in [0.25, 0.3) is 0 Å². The summed E-state index contributed by atoms with van der Waals surface area (Å²) in [4.78, 5) is 19.9. The van der Waals surface area contributed by atoms with Crippen molar-refractivity contribution in [3.05, 3.63) is 57.9 Å². The van der Waals surface area contributed by atoms with Crippen molar-refractivity contribution in [3.8, 4) is 5.75 Å². The number of nitrogens with zero attached hydrogens (tertiary/aromatic N) is 2. The van der Waals surface area contributed by atoms with Gasteiger partial charge in [0.2, 0.25) is 0 Å². The lowest BCUT2D eigenvalue weighted by atomic mass is 9.79. The summed E-state index contributed by atoms with van der Waals surface area (Å²) in [6.45, 7) is 5.00. The van der Waals surface area contributed by atoms with Gasteiger partial charge in [-0.3, -0.25) is 9.78 Å². The van der Waals surface area contributed by atoms with Crippen molar-refractivity contribution in [3.63, 3.8) is 0 Å². The van der Waals surface area contributed by atoms with Gasteiger partial charge in [-0.15, -0.1) is 11.3 Å². The van der Waals surface area contributed by atoms with Gasteiger partial charge < -0.3 is 19.8 Å². The Morgan fingerprint density at radius 1 is 1.29 bits per heavy atom. The van der Waals surface area contributed by atoms with Gasteiger partial charge in [-0.05, 0) is 111 Å². The molecule has 0 bridgehead atoms. The Kier molecular flexibility index (Phi) is 8.76. The number of carboxylic acid groups (broad SMARTS) is 1. The predicted molar refractivity (Wildman–Crippen MR) is 140 cm³/mol. The van der Waals surface area contributed by atoms with Crippen LogP contribution in [0.5, 0.6) is 5.75 Å². The van der Waals surface area contributed by atoms with E-state index in [4.69, 9.17) is 4.74 Å². The van der Waals surface area contributed by atoms with E-state index < -0.39 is 12.1 Å². The summed E-state index contributed by atoms with van der Waals surface area (Å²) < 4.78 is 5.36. The Morgan fingerprint density at radius 3 is 2.89 bits per heavy atom. The van der Waals surface area contributed by atoms with Crippen molar-refractivity contribution < 1.29 is 19.7 Å². The number of rotatable bonds is 11. The molecule has 1 aliphatic rings. The fourth-order valence-electron chi connectivity index (χ4n) is 5.41.